The number of hydrogen-bond donors (Lipinski definition) is 2. The van der Waals surface area contributed by atoms with E-state index in [1.807, 2.05) is 71.4 Å². The van der Waals surface area contributed by atoms with E-state index >= 15 is 0 Å². The molecule has 2 atom stereocenters. The third kappa shape index (κ3) is 2.86. The summed E-state index contributed by atoms with van der Waals surface area (Å²) in [5, 5.41) is 3.10. The first-order valence-corrected chi connectivity index (χ1v) is 9.37. The highest BCUT2D eigenvalue weighted by Gasteiger charge is 2.30. The van der Waals surface area contributed by atoms with E-state index in [4.69, 9.17) is 5.73 Å². The zero-order valence-electron chi connectivity index (χ0n) is 15.2. The summed E-state index contributed by atoms with van der Waals surface area (Å²) < 4.78 is 1.89. The summed E-state index contributed by atoms with van der Waals surface area (Å²) in [4.78, 5) is 17.5. The molecular formula is C23H20N4O. The third-order valence-electron chi connectivity index (χ3n) is 5.39. The van der Waals surface area contributed by atoms with Crippen molar-refractivity contribution < 1.29 is 4.79 Å². The number of aromatic nitrogens is 2. The molecule has 5 heteroatoms. The number of imidazole rings is 1. The van der Waals surface area contributed by atoms with Crippen molar-refractivity contribution in [2.45, 2.75) is 18.5 Å². The smallest absolute Gasteiger partial charge is 0.253 e. The molecule has 4 aromatic rings. The Morgan fingerprint density at radius 3 is 2.61 bits per heavy atom. The predicted octanol–water partition coefficient (Wildman–Crippen LogP) is 3.36. The van der Waals surface area contributed by atoms with Crippen molar-refractivity contribution in [3.63, 3.8) is 0 Å². The fourth-order valence-corrected chi connectivity index (χ4v) is 3.89. The highest BCUT2D eigenvalue weighted by atomic mass is 16.1. The van der Waals surface area contributed by atoms with Gasteiger partial charge in [0.1, 0.15) is 5.65 Å². The van der Waals surface area contributed by atoms with Crippen LogP contribution in [0.5, 0.6) is 0 Å². The van der Waals surface area contributed by atoms with Gasteiger partial charge >= 0.3 is 0 Å². The highest BCUT2D eigenvalue weighted by molar-refractivity contribution is 5.94. The summed E-state index contributed by atoms with van der Waals surface area (Å²) in [5.41, 5.74) is 12.0. The second kappa shape index (κ2) is 6.62. The van der Waals surface area contributed by atoms with Crippen LogP contribution in [0.2, 0.25) is 0 Å². The number of carbonyl (C=O) groups excluding carboxylic acids is 1. The molecule has 0 saturated heterocycles. The Morgan fingerprint density at radius 2 is 1.79 bits per heavy atom. The second-order valence-corrected chi connectivity index (χ2v) is 7.18. The minimum absolute atomic E-state index is 0.0942. The average Bonchev–Trinajstić information content (AvgIpc) is 3.30. The van der Waals surface area contributed by atoms with Crippen molar-refractivity contribution in [3.8, 4) is 11.3 Å². The second-order valence-electron chi connectivity index (χ2n) is 7.18. The molecule has 0 aliphatic heterocycles. The molecular weight excluding hydrogens is 348 g/mol. The zero-order valence-corrected chi connectivity index (χ0v) is 15.2. The maximum Gasteiger partial charge on any atom is 0.253 e. The molecule has 1 aliphatic rings. The number of nitrogens with two attached hydrogens (primary N) is 1. The maximum atomic E-state index is 12.8. The van der Waals surface area contributed by atoms with Gasteiger partial charge in [0.25, 0.3) is 5.91 Å². The van der Waals surface area contributed by atoms with Crippen LogP contribution in [0.15, 0.2) is 79.1 Å². The molecule has 0 saturated carbocycles. The lowest BCUT2D eigenvalue weighted by molar-refractivity contribution is 0.0933. The first-order valence-electron chi connectivity index (χ1n) is 9.37. The Labute approximate surface area is 162 Å². The van der Waals surface area contributed by atoms with Gasteiger partial charge in [0.2, 0.25) is 0 Å². The average molecular weight is 368 g/mol. The number of pyridine rings is 1. The lowest BCUT2D eigenvalue weighted by atomic mass is 10.1. The van der Waals surface area contributed by atoms with Crippen LogP contribution in [-0.2, 0) is 6.42 Å². The summed E-state index contributed by atoms with van der Waals surface area (Å²) in [6, 6.07) is 21.5. The van der Waals surface area contributed by atoms with E-state index < -0.39 is 0 Å². The van der Waals surface area contributed by atoms with Crippen LogP contribution >= 0.6 is 0 Å². The molecule has 138 valence electrons. The van der Waals surface area contributed by atoms with Crippen LogP contribution in [0.1, 0.15) is 27.5 Å². The van der Waals surface area contributed by atoms with Crippen molar-refractivity contribution in [3.05, 3.63) is 95.8 Å². The number of nitrogens with zero attached hydrogens (tertiary/aromatic N) is 2. The molecule has 1 amide bonds. The lowest BCUT2D eigenvalue weighted by Crippen LogP contribution is -2.40. The first kappa shape index (κ1) is 16.7. The standard InChI is InChI=1S/C23H20N4O/c24-22-18-9-5-4-8-16(18)12-19(22)26-23(28)17-10-11-21-25-20(14-27(21)13-17)15-6-2-1-3-7-15/h1-11,13-14,19,22H,12,24H2,(H,26,28)/t19-,22-/m0/s1. The summed E-state index contributed by atoms with van der Waals surface area (Å²) in [5.74, 6) is -0.120. The molecule has 3 N–H and O–H groups in total. The monoisotopic (exact) mass is 368 g/mol. The fourth-order valence-electron chi connectivity index (χ4n) is 3.89. The Hall–Kier alpha value is -3.44. The van der Waals surface area contributed by atoms with E-state index in [1.54, 1.807) is 6.07 Å². The number of nitrogens with one attached hydrogen (secondary N) is 1. The number of benzene rings is 2. The maximum absolute atomic E-state index is 12.8. The molecule has 0 radical (unpaired) electrons. The van der Waals surface area contributed by atoms with Gasteiger partial charge in [-0.1, -0.05) is 54.6 Å². The molecule has 2 aromatic heterocycles. The zero-order chi connectivity index (χ0) is 19.1. The Balaban J connectivity index is 1.38. The Bertz CT molecular complexity index is 1170. The van der Waals surface area contributed by atoms with Gasteiger partial charge in [-0.05, 0) is 29.7 Å². The van der Waals surface area contributed by atoms with Crippen LogP contribution in [0.25, 0.3) is 16.9 Å². The van der Waals surface area contributed by atoms with Crippen LogP contribution < -0.4 is 11.1 Å². The summed E-state index contributed by atoms with van der Waals surface area (Å²) in [7, 11) is 0. The van der Waals surface area contributed by atoms with E-state index in [-0.39, 0.29) is 18.0 Å². The van der Waals surface area contributed by atoms with E-state index in [1.165, 1.54) is 5.56 Å². The molecule has 0 spiro atoms. The van der Waals surface area contributed by atoms with E-state index in [2.05, 4.69) is 16.4 Å². The predicted molar refractivity (Wildman–Crippen MR) is 109 cm³/mol. The minimum Gasteiger partial charge on any atom is -0.347 e. The molecule has 5 rings (SSSR count). The first-order chi connectivity index (χ1) is 13.7. The van der Waals surface area contributed by atoms with Gasteiger partial charge in [-0.2, -0.15) is 0 Å². The van der Waals surface area contributed by atoms with Gasteiger partial charge in [-0.15, -0.1) is 0 Å². The van der Waals surface area contributed by atoms with Gasteiger partial charge < -0.3 is 15.5 Å². The summed E-state index contributed by atoms with van der Waals surface area (Å²) in [6.45, 7) is 0. The molecule has 1 aliphatic carbocycles. The van der Waals surface area contributed by atoms with E-state index in [9.17, 15) is 4.79 Å². The highest BCUT2D eigenvalue weighted by Crippen LogP contribution is 2.29. The van der Waals surface area contributed by atoms with Crippen LogP contribution in [0, 0.1) is 0 Å². The van der Waals surface area contributed by atoms with Crippen molar-refractivity contribution in [2.75, 3.05) is 0 Å². The molecule has 5 nitrogen and oxygen atoms in total. The van der Waals surface area contributed by atoms with Crippen LogP contribution in [-0.4, -0.2) is 21.3 Å². The quantitative estimate of drug-likeness (QED) is 0.582. The fraction of sp³-hybridized carbons (Fsp3) is 0.130. The van der Waals surface area contributed by atoms with Gasteiger partial charge in [0, 0.05) is 18.0 Å². The van der Waals surface area contributed by atoms with Crippen molar-refractivity contribution >= 4 is 11.6 Å². The number of carbonyl (C=O) groups is 1. The van der Waals surface area contributed by atoms with Crippen LogP contribution in [0.3, 0.4) is 0 Å². The molecule has 2 aromatic carbocycles. The number of fused-ring (bicyclic) bond motifs is 2. The number of hydrogen-bond acceptors (Lipinski definition) is 3. The van der Waals surface area contributed by atoms with E-state index in [0.29, 0.717) is 5.56 Å². The lowest BCUT2D eigenvalue weighted by Gasteiger charge is -2.18. The SMILES string of the molecule is N[C@H]1c2ccccc2C[C@@H]1NC(=O)c1ccc2nc(-c3ccccc3)cn2c1. The minimum atomic E-state index is -0.179. The largest absolute Gasteiger partial charge is 0.347 e. The summed E-state index contributed by atoms with van der Waals surface area (Å²) >= 11 is 0. The topological polar surface area (TPSA) is 72.4 Å². The molecule has 0 fully saturated rings. The van der Waals surface area contributed by atoms with Crippen molar-refractivity contribution in [2.24, 2.45) is 5.73 Å². The molecule has 28 heavy (non-hydrogen) atoms. The molecule has 0 unspecified atom stereocenters. The Morgan fingerprint density at radius 1 is 1.00 bits per heavy atom. The van der Waals surface area contributed by atoms with Gasteiger partial charge in [-0.3, -0.25) is 4.79 Å². The third-order valence-corrected chi connectivity index (χ3v) is 5.39. The molecule has 2 heterocycles. The molecule has 0 bridgehead atoms. The number of rotatable bonds is 3. The van der Waals surface area contributed by atoms with Crippen molar-refractivity contribution in [1.29, 1.82) is 0 Å². The van der Waals surface area contributed by atoms with Gasteiger partial charge in [-0.25, -0.2) is 4.98 Å². The number of amides is 1. The Kier molecular flexibility index (Phi) is 3.95. The van der Waals surface area contributed by atoms with Gasteiger partial charge in [0.15, 0.2) is 0 Å². The van der Waals surface area contributed by atoms with E-state index in [0.717, 1.165) is 28.9 Å². The van der Waals surface area contributed by atoms with Gasteiger partial charge in [0.05, 0.1) is 23.3 Å². The normalized spacial score (nSPS) is 18.2. The van der Waals surface area contributed by atoms with Crippen molar-refractivity contribution in [1.82, 2.24) is 14.7 Å². The van der Waals surface area contributed by atoms with Crippen LogP contribution in [0.4, 0.5) is 0 Å². The summed E-state index contributed by atoms with van der Waals surface area (Å²) in [6.07, 6.45) is 4.52.